The molecule has 1 aliphatic rings. The summed E-state index contributed by atoms with van der Waals surface area (Å²) in [7, 11) is 0. The predicted octanol–water partition coefficient (Wildman–Crippen LogP) is 2.96. The summed E-state index contributed by atoms with van der Waals surface area (Å²) >= 11 is 6.05. The first-order chi connectivity index (χ1) is 9.88. The molecule has 1 aliphatic heterocycles. The van der Waals surface area contributed by atoms with Gasteiger partial charge in [-0.1, -0.05) is 23.7 Å². The van der Waals surface area contributed by atoms with Crippen molar-refractivity contribution < 1.29 is 13.2 Å². The molecule has 0 amide bonds. The average molecular weight is 316 g/mol. The summed E-state index contributed by atoms with van der Waals surface area (Å²) in [6, 6.07) is 5.23. The molecule has 0 spiro atoms. The number of anilines is 1. The molecule has 0 bridgehead atoms. The molecule has 0 unspecified atom stereocenters. The van der Waals surface area contributed by atoms with Crippen LogP contribution in [0.3, 0.4) is 0 Å². The van der Waals surface area contributed by atoms with E-state index in [0.29, 0.717) is 5.02 Å². The lowest BCUT2D eigenvalue weighted by atomic mass is 10.1. The van der Waals surface area contributed by atoms with E-state index in [1.165, 1.54) is 4.90 Å². The standard InChI is InChI=1S/C13H9ClF3N3O/c14-9-3-1-2-7-5-20(6-8(7)9)10-4-18-19-12(21)11(10)13(15,16)17/h1-4H,5-6H2,(H,19,21). The van der Waals surface area contributed by atoms with Crippen molar-refractivity contribution in [2.24, 2.45) is 0 Å². The van der Waals surface area contributed by atoms with Crippen molar-refractivity contribution in [3.8, 4) is 0 Å². The van der Waals surface area contributed by atoms with E-state index in [0.717, 1.165) is 17.3 Å². The zero-order valence-electron chi connectivity index (χ0n) is 10.5. The van der Waals surface area contributed by atoms with Gasteiger partial charge in [-0.2, -0.15) is 18.3 Å². The van der Waals surface area contributed by atoms with Crippen LogP contribution in [-0.2, 0) is 19.3 Å². The van der Waals surface area contributed by atoms with Crippen LogP contribution in [0.2, 0.25) is 5.02 Å². The summed E-state index contributed by atoms with van der Waals surface area (Å²) in [6.45, 7) is 0.466. The van der Waals surface area contributed by atoms with Gasteiger partial charge in [-0.05, 0) is 17.2 Å². The van der Waals surface area contributed by atoms with E-state index in [-0.39, 0.29) is 18.8 Å². The summed E-state index contributed by atoms with van der Waals surface area (Å²) < 4.78 is 39.2. The van der Waals surface area contributed by atoms with Gasteiger partial charge in [-0.15, -0.1) is 0 Å². The van der Waals surface area contributed by atoms with E-state index >= 15 is 0 Å². The third-order valence-electron chi connectivity index (χ3n) is 3.39. The zero-order chi connectivity index (χ0) is 15.2. The topological polar surface area (TPSA) is 49.0 Å². The molecular weight excluding hydrogens is 307 g/mol. The smallest absolute Gasteiger partial charge is 0.361 e. The van der Waals surface area contributed by atoms with Crippen LogP contribution >= 0.6 is 11.6 Å². The number of rotatable bonds is 1. The Morgan fingerprint density at radius 3 is 2.71 bits per heavy atom. The first-order valence-corrected chi connectivity index (χ1v) is 6.42. The second-order valence-corrected chi connectivity index (χ2v) is 5.10. The molecule has 0 saturated heterocycles. The first kappa shape index (κ1) is 13.9. The maximum absolute atomic E-state index is 13.1. The Labute approximate surface area is 122 Å². The fourth-order valence-electron chi connectivity index (χ4n) is 2.45. The van der Waals surface area contributed by atoms with Crippen LogP contribution in [0, 0.1) is 0 Å². The summed E-state index contributed by atoms with van der Waals surface area (Å²) in [5.41, 5.74) is -1.11. The molecule has 0 atom stereocenters. The Balaban J connectivity index is 2.07. The van der Waals surface area contributed by atoms with E-state index < -0.39 is 17.3 Å². The maximum Gasteiger partial charge on any atom is 0.423 e. The van der Waals surface area contributed by atoms with Crippen LogP contribution in [0.4, 0.5) is 18.9 Å². The van der Waals surface area contributed by atoms with Gasteiger partial charge in [0.05, 0.1) is 11.9 Å². The number of aromatic nitrogens is 2. The Bertz CT molecular complexity index is 757. The number of alkyl halides is 3. The molecule has 110 valence electrons. The lowest BCUT2D eigenvalue weighted by molar-refractivity contribution is -0.138. The van der Waals surface area contributed by atoms with Gasteiger partial charge >= 0.3 is 6.18 Å². The van der Waals surface area contributed by atoms with Gasteiger partial charge in [0.15, 0.2) is 0 Å². The van der Waals surface area contributed by atoms with Crippen molar-refractivity contribution in [3.05, 3.63) is 56.5 Å². The molecule has 8 heteroatoms. The van der Waals surface area contributed by atoms with Crippen molar-refractivity contribution in [1.29, 1.82) is 0 Å². The van der Waals surface area contributed by atoms with Crippen molar-refractivity contribution in [3.63, 3.8) is 0 Å². The minimum atomic E-state index is -4.75. The quantitative estimate of drug-likeness (QED) is 0.880. The minimum Gasteiger partial charge on any atom is -0.361 e. The van der Waals surface area contributed by atoms with Gasteiger partial charge in [0.2, 0.25) is 0 Å². The predicted molar refractivity (Wildman–Crippen MR) is 71.2 cm³/mol. The highest BCUT2D eigenvalue weighted by Gasteiger charge is 2.39. The number of hydrogen-bond acceptors (Lipinski definition) is 3. The second kappa shape index (κ2) is 4.77. The van der Waals surface area contributed by atoms with Crippen LogP contribution in [0.25, 0.3) is 0 Å². The van der Waals surface area contributed by atoms with E-state index in [2.05, 4.69) is 5.10 Å². The van der Waals surface area contributed by atoms with Gasteiger partial charge < -0.3 is 4.90 Å². The summed E-state index contributed by atoms with van der Waals surface area (Å²) in [6.07, 6.45) is -3.73. The third kappa shape index (κ3) is 2.37. The van der Waals surface area contributed by atoms with E-state index in [9.17, 15) is 18.0 Å². The molecule has 0 aliphatic carbocycles. The molecule has 21 heavy (non-hydrogen) atoms. The Morgan fingerprint density at radius 2 is 2.05 bits per heavy atom. The number of nitrogens with one attached hydrogen (secondary N) is 1. The van der Waals surface area contributed by atoms with Gasteiger partial charge in [0.25, 0.3) is 5.56 Å². The molecule has 4 nitrogen and oxygen atoms in total. The maximum atomic E-state index is 13.1. The van der Waals surface area contributed by atoms with Crippen LogP contribution in [0.1, 0.15) is 16.7 Å². The molecule has 1 N–H and O–H groups in total. The Morgan fingerprint density at radius 1 is 1.29 bits per heavy atom. The van der Waals surface area contributed by atoms with Crippen molar-refractivity contribution in [2.45, 2.75) is 19.3 Å². The van der Waals surface area contributed by atoms with Gasteiger partial charge in [0, 0.05) is 18.1 Å². The fourth-order valence-corrected chi connectivity index (χ4v) is 2.71. The van der Waals surface area contributed by atoms with Crippen LogP contribution in [-0.4, -0.2) is 10.2 Å². The Kier molecular flexibility index (Phi) is 3.16. The largest absolute Gasteiger partial charge is 0.423 e. The molecule has 1 aromatic heterocycles. The van der Waals surface area contributed by atoms with Crippen LogP contribution < -0.4 is 10.5 Å². The number of nitrogens with zero attached hydrogens (tertiary/aromatic N) is 2. The third-order valence-corrected chi connectivity index (χ3v) is 3.74. The number of fused-ring (bicyclic) bond motifs is 1. The lowest BCUT2D eigenvalue weighted by Crippen LogP contribution is -2.28. The molecule has 2 heterocycles. The monoisotopic (exact) mass is 315 g/mol. The first-order valence-electron chi connectivity index (χ1n) is 6.04. The number of hydrogen-bond donors (Lipinski definition) is 1. The number of halogens is 4. The number of benzene rings is 1. The van der Waals surface area contributed by atoms with Gasteiger partial charge in [0.1, 0.15) is 5.56 Å². The summed E-state index contributed by atoms with van der Waals surface area (Å²) in [4.78, 5) is 12.9. The van der Waals surface area contributed by atoms with Crippen molar-refractivity contribution >= 4 is 17.3 Å². The number of H-pyrrole nitrogens is 1. The normalized spacial score (nSPS) is 14.4. The minimum absolute atomic E-state index is 0.212. The van der Waals surface area contributed by atoms with Crippen molar-refractivity contribution in [2.75, 3.05) is 4.90 Å². The highest BCUT2D eigenvalue weighted by Crippen LogP contribution is 2.38. The van der Waals surface area contributed by atoms with Crippen LogP contribution in [0.5, 0.6) is 0 Å². The summed E-state index contributed by atoms with van der Waals surface area (Å²) in [5, 5.41) is 5.80. The van der Waals surface area contributed by atoms with Crippen LogP contribution in [0.15, 0.2) is 29.2 Å². The molecular formula is C13H9ClF3N3O. The van der Waals surface area contributed by atoms with Crippen molar-refractivity contribution in [1.82, 2.24) is 10.2 Å². The molecule has 0 saturated carbocycles. The molecule has 0 fully saturated rings. The van der Waals surface area contributed by atoms with Gasteiger partial charge in [-0.25, -0.2) is 5.10 Å². The number of aromatic amines is 1. The van der Waals surface area contributed by atoms with Gasteiger partial charge in [-0.3, -0.25) is 4.79 Å². The van der Waals surface area contributed by atoms with E-state index in [4.69, 9.17) is 11.6 Å². The SMILES string of the molecule is O=c1[nH]ncc(N2Cc3cccc(Cl)c3C2)c1C(F)(F)F. The zero-order valence-corrected chi connectivity index (χ0v) is 11.3. The fraction of sp³-hybridized carbons (Fsp3) is 0.231. The van der Waals surface area contributed by atoms with E-state index in [1.54, 1.807) is 18.2 Å². The highest BCUT2D eigenvalue weighted by atomic mass is 35.5. The Hall–Kier alpha value is -2.02. The second-order valence-electron chi connectivity index (χ2n) is 4.69. The molecule has 3 rings (SSSR count). The average Bonchev–Trinajstić information content (AvgIpc) is 2.82. The van der Waals surface area contributed by atoms with E-state index in [1.807, 2.05) is 5.10 Å². The lowest BCUT2D eigenvalue weighted by Gasteiger charge is -2.21. The summed E-state index contributed by atoms with van der Waals surface area (Å²) in [5.74, 6) is 0. The molecule has 1 aromatic carbocycles. The molecule has 2 aromatic rings. The molecule has 0 radical (unpaired) electrons. The highest BCUT2D eigenvalue weighted by molar-refractivity contribution is 6.31.